The number of rotatable bonds is 5. The molecule has 5 nitrogen and oxygen atoms in total. The van der Waals surface area contributed by atoms with E-state index in [9.17, 15) is 10.1 Å². The number of anilines is 1. The van der Waals surface area contributed by atoms with Crippen LogP contribution in [-0.4, -0.2) is 15.7 Å². The van der Waals surface area contributed by atoms with E-state index < -0.39 is 4.92 Å². The highest BCUT2D eigenvalue weighted by atomic mass is 32.2. The van der Waals surface area contributed by atoms with Crippen LogP contribution in [0.3, 0.4) is 0 Å². The number of hydrogen-bond acceptors (Lipinski definition) is 5. The lowest BCUT2D eigenvalue weighted by Crippen LogP contribution is -1.92. The van der Waals surface area contributed by atoms with Gasteiger partial charge in [0.15, 0.2) is 0 Å². The number of aromatic nitrogens is 1. The fourth-order valence-electron chi connectivity index (χ4n) is 1.53. The second-order valence-corrected chi connectivity index (χ2v) is 5.07. The second kappa shape index (κ2) is 6.19. The average molecular weight is 275 g/mol. The van der Waals surface area contributed by atoms with Gasteiger partial charge in [-0.05, 0) is 24.1 Å². The number of nitrogens with zero attached hydrogens (tertiary/aromatic N) is 2. The van der Waals surface area contributed by atoms with Crippen molar-refractivity contribution < 1.29 is 4.92 Å². The first-order chi connectivity index (χ1) is 9.15. The predicted octanol–water partition coefficient (Wildman–Crippen LogP) is 2.91. The summed E-state index contributed by atoms with van der Waals surface area (Å²) in [5, 5.41) is 11.4. The molecule has 0 radical (unpaired) electrons. The quantitative estimate of drug-likeness (QED) is 0.515. The normalized spacial score (nSPS) is 10.3. The van der Waals surface area contributed by atoms with Gasteiger partial charge in [0.2, 0.25) is 0 Å². The van der Waals surface area contributed by atoms with Gasteiger partial charge in [0.25, 0.3) is 5.69 Å². The largest absolute Gasteiger partial charge is 0.397 e. The minimum atomic E-state index is -0.392. The summed E-state index contributed by atoms with van der Waals surface area (Å²) in [4.78, 5) is 14.3. The Bertz CT molecular complexity index is 555. The van der Waals surface area contributed by atoms with Crippen molar-refractivity contribution in [3.63, 3.8) is 0 Å². The fraction of sp³-hybridized carbons (Fsp3) is 0.154. The monoisotopic (exact) mass is 275 g/mol. The SMILES string of the molecule is Nc1ccc(SCCc2ccc([N+](=O)[O-])cc2)nc1. The van der Waals surface area contributed by atoms with Crippen LogP contribution in [0.25, 0.3) is 0 Å². The van der Waals surface area contributed by atoms with E-state index in [1.807, 2.05) is 12.1 Å². The number of non-ortho nitro benzene ring substituents is 1. The number of nitrogen functional groups attached to an aromatic ring is 1. The van der Waals surface area contributed by atoms with Crippen molar-refractivity contribution in [2.45, 2.75) is 11.4 Å². The van der Waals surface area contributed by atoms with E-state index in [4.69, 9.17) is 5.73 Å². The lowest BCUT2D eigenvalue weighted by atomic mass is 10.1. The summed E-state index contributed by atoms with van der Waals surface area (Å²) in [5.74, 6) is 0.870. The van der Waals surface area contributed by atoms with Gasteiger partial charge in [0.1, 0.15) is 0 Å². The third kappa shape index (κ3) is 3.96. The maximum atomic E-state index is 10.5. The lowest BCUT2D eigenvalue weighted by Gasteiger charge is -2.02. The molecule has 0 unspecified atom stereocenters. The molecule has 0 spiro atoms. The number of nitro benzene ring substituents is 1. The van der Waals surface area contributed by atoms with Gasteiger partial charge in [0.05, 0.1) is 21.8 Å². The van der Waals surface area contributed by atoms with Crippen molar-refractivity contribution in [1.29, 1.82) is 0 Å². The molecule has 98 valence electrons. The number of thioether (sulfide) groups is 1. The van der Waals surface area contributed by atoms with E-state index >= 15 is 0 Å². The molecule has 2 N–H and O–H groups in total. The Kier molecular flexibility index (Phi) is 4.35. The van der Waals surface area contributed by atoms with Gasteiger partial charge < -0.3 is 5.73 Å². The molecule has 0 aliphatic rings. The van der Waals surface area contributed by atoms with Gasteiger partial charge in [0, 0.05) is 17.9 Å². The molecule has 1 heterocycles. The van der Waals surface area contributed by atoms with E-state index in [0.29, 0.717) is 5.69 Å². The molecule has 1 aromatic heterocycles. The molecule has 2 aromatic rings. The van der Waals surface area contributed by atoms with E-state index in [2.05, 4.69) is 4.98 Å². The minimum absolute atomic E-state index is 0.122. The van der Waals surface area contributed by atoms with Crippen LogP contribution in [-0.2, 0) is 6.42 Å². The van der Waals surface area contributed by atoms with Gasteiger partial charge in [-0.25, -0.2) is 4.98 Å². The van der Waals surface area contributed by atoms with Crippen molar-refractivity contribution in [2.24, 2.45) is 0 Å². The van der Waals surface area contributed by atoms with Crippen molar-refractivity contribution in [2.75, 3.05) is 11.5 Å². The summed E-state index contributed by atoms with van der Waals surface area (Å²) in [6.45, 7) is 0. The Labute approximate surface area is 115 Å². The fourth-order valence-corrected chi connectivity index (χ4v) is 2.37. The summed E-state index contributed by atoms with van der Waals surface area (Å²) in [6, 6.07) is 10.3. The smallest absolute Gasteiger partial charge is 0.269 e. The van der Waals surface area contributed by atoms with E-state index in [-0.39, 0.29) is 5.69 Å². The first-order valence-electron chi connectivity index (χ1n) is 5.73. The topological polar surface area (TPSA) is 82.0 Å². The molecule has 0 aliphatic heterocycles. The summed E-state index contributed by atoms with van der Waals surface area (Å²) in [6.07, 6.45) is 2.48. The van der Waals surface area contributed by atoms with Crippen LogP contribution in [0.4, 0.5) is 11.4 Å². The van der Waals surface area contributed by atoms with E-state index in [1.165, 1.54) is 12.1 Å². The average Bonchev–Trinajstić information content (AvgIpc) is 2.41. The molecule has 0 fully saturated rings. The van der Waals surface area contributed by atoms with Gasteiger partial charge in [-0.15, -0.1) is 11.8 Å². The Balaban J connectivity index is 1.85. The third-order valence-corrected chi connectivity index (χ3v) is 3.49. The zero-order valence-electron chi connectivity index (χ0n) is 10.2. The molecule has 0 saturated carbocycles. The number of pyridine rings is 1. The molecule has 0 saturated heterocycles. The van der Waals surface area contributed by atoms with Crippen molar-refractivity contribution >= 4 is 23.1 Å². The Morgan fingerprint density at radius 3 is 2.53 bits per heavy atom. The Hall–Kier alpha value is -2.08. The molecule has 0 bridgehead atoms. The van der Waals surface area contributed by atoms with Crippen molar-refractivity contribution in [1.82, 2.24) is 4.98 Å². The van der Waals surface area contributed by atoms with Crippen molar-refractivity contribution in [3.05, 3.63) is 58.3 Å². The first kappa shape index (κ1) is 13.4. The van der Waals surface area contributed by atoms with Crippen molar-refractivity contribution in [3.8, 4) is 0 Å². The van der Waals surface area contributed by atoms with Crippen LogP contribution < -0.4 is 5.73 Å². The number of benzene rings is 1. The van der Waals surface area contributed by atoms with Gasteiger partial charge >= 0.3 is 0 Å². The van der Waals surface area contributed by atoms with Gasteiger partial charge in [-0.3, -0.25) is 10.1 Å². The highest BCUT2D eigenvalue weighted by molar-refractivity contribution is 7.99. The van der Waals surface area contributed by atoms with E-state index in [0.717, 1.165) is 22.8 Å². The number of nitro groups is 1. The van der Waals surface area contributed by atoms with Crippen LogP contribution in [0.2, 0.25) is 0 Å². The highest BCUT2D eigenvalue weighted by Crippen LogP contribution is 2.18. The lowest BCUT2D eigenvalue weighted by molar-refractivity contribution is -0.384. The highest BCUT2D eigenvalue weighted by Gasteiger charge is 2.04. The van der Waals surface area contributed by atoms with Gasteiger partial charge in [-0.1, -0.05) is 12.1 Å². The zero-order valence-corrected chi connectivity index (χ0v) is 11.0. The van der Waals surface area contributed by atoms with Gasteiger partial charge in [-0.2, -0.15) is 0 Å². The number of nitrogens with two attached hydrogens (primary N) is 1. The molecular formula is C13H13N3O2S. The van der Waals surface area contributed by atoms with E-state index in [1.54, 1.807) is 30.1 Å². The maximum Gasteiger partial charge on any atom is 0.269 e. The number of aryl methyl sites for hydroxylation is 1. The zero-order chi connectivity index (χ0) is 13.7. The van der Waals surface area contributed by atoms with Crippen LogP contribution in [0.1, 0.15) is 5.56 Å². The maximum absolute atomic E-state index is 10.5. The predicted molar refractivity (Wildman–Crippen MR) is 76.2 cm³/mol. The first-order valence-corrected chi connectivity index (χ1v) is 6.71. The Morgan fingerprint density at radius 2 is 1.95 bits per heavy atom. The summed E-state index contributed by atoms with van der Waals surface area (Å²) < 4.78 is 0. The summed E-state index contributed by atoms with van der Waals surface area (Å²) >= 11 is 1.63. The van der Waals surface area contributed by atoms with Crippen LogP contribution in [0.15, 0.2) is 47.6 Å². The van der Waals surface area contributed by atoms with Crippen LogP contribution in [0.5, 0.6) is 0 Å². The molecule has 1 aromatic carbocycles. The Morgan fingerprint density at radius 1 is 1.21 bits per heavy atom. The standard InChI is InChI=1S/C13H13N3O2S/c14-11-3-6-13(15-9-11)19-8-7-10-1-4-12(5-2-10)16(17)18/h1-6,9H,7-8,14H2. The molecule has 6 heteroatoms. The van der Waals surface area contributed by atoms with Crippen LogP contribution in [0, 0.1) is 10.1 Å². The molecule has 19 heavy (non-hydrogen) atoms. The van der Waals surface area contributed by atoms with Crippen LogP contribution >= 0.6 is 11.8 Å². The summed E-state index contributed by atoms with van der Waals surface area (Å²) in [5.41, 5.74) is 7.41. The summed E-state index contributed by atoms with van der Waals surface area (Å²) in [7, 11) is 0. The molecule has 0 atom stereocenters. The minimum Gasteiger partial charge on any atom is -0.397 e. The second-order valence-electron chi connectivity index (χ2n) is 3.95. The molecule has 0 amide bonds. The third-order valence-electron chi connectivity index (χ3n) is 2.55. The molecular weight excluding hydrogens is 262 g/mol. The number of hydrogen-bond donors (Lipinski definition) is 1. The molecule has 0 aliphatic carbocycles. The molecule has 2 rings (SSSR count).